The van der Waals surface area contributed by atoms with Crippen LogP contribution in [0.2, 0.25) is 0 Å². The lowest BCUT2D eigenvalue weighted by Crippen LogP contribution is -2.68. The summed E-state index contributed by atoms with van der Waals surface area (Å²) in [6.07, 6.45) is -18.3. The molecule has 0 radical (unpaired) electrons. The molecule has 36 heavy (non-hydrogen) atoms. The predicted octanol–water partition coefficient (Wildman–Crippen LogP) is -4.25. The Morgan fingerprint density at radius 3 is 2.00 bits per heavy atom. The van der Waals surface area contributed by atoms with Crippen molar-refractivity contribution < 1.29 is 79.4 Å². The highest BCUT2D eigenvalue weighted by Crippen LogP contribution is 2.33. The summed E-state index contributed by atoms with van der Waals surface area (Å²) < 4.78 is 90.3. The van der Waals surface area contributed by atoms with Gasteiger partial charge in [-0.25, -0.2) is 8.98 Å². The van der Waals surface area contributed by atoms with Gasteiger partial charge in [-0.2, -0.15) is 21.6 Å². The van der Waals surface area contributed by atoms with Gasteiger partial charge < -0.3 is 44.5 Å². The first kappa shape index (κ1) is 31.1. The molecule has 212 valence electrons. The van der Waals surface area contributed by atoms with Crippen molar-refractivity contribution in [2.75, 3.05) is 6.61 Å². The second-order valence-electron chi connectivity index (χ2n) is 8.89. The Balaban J connectivity index is 2.45. The number of hydrogen-bond acceptors (Lipinski definition) is 14. The van der Waals surface area contributed by atoms with Crippen LogP contribution in [-0.2, 0) is 48.6 Å². The molecule has 4 unspecified atom stereocenters. The number of carbonyl (C=O) groups is 1. The van der Waals surface area contributed by atoms with E-state index in [0.717, 1.165) is 0 Å². The lowest BCUT2D eigenvalue weighted by molar-refractivity contribution is -0.343. The molecule has 2 saturated heterocycles. The molecular weight excluding hydrogens is 542 g/mol. The Bertz CT molecular complexity index is 981. The van der Waals surface area contributed by atoms with Gasteiger partial charge in [-0.1, -0.05) is 0 Å². The molecular formula is C16H29NO17S2. The van der Waals surface area contributed by atoms with Crippen molar-refractivity contribution in [3.63, 3.8) is 0 Å². The van der Waals surface area contributed by atoms with Gasteiger partial charge >= 0.3 is 26.7 Å². The number of carboxylic acid groups (broad SMARTS) is 1. The van der Waals surface area contributed by atoms with Gasteiger partial charge in [-0.15, -0.1) is 0 Å². The van der Waals surface area contributed by atoms with Crippen LogP contribution < -0.4 is 4.72 Å². The summed E-state index contributed by atoms with van der Waals surface area (Å²) in [5.41, 5.74) is -1.10. The number of hydrogen-bond donors (Lipinski definition) is 8. The molecule has 0 aromatic rings. The minimum atomic E-state index is -5.34. The number of carboxylic acids is 1. The SMILES string of the molecule is CC(C)(C)O[C@@H]1C(C(=O)O)O[C@@H](O[C@@H]2C(CO)O[C@H](O)C(NS(=O)(=O)O)[C@@H]2O)C(OS(=O)(=O)O)[C@@H]1O. The third kappa shape index (κ3) is 8.19. The Morgan fingerprint density at radius 1 is 0.972 bits per heavy atom. The van der Waals surface area contributed by atoms with Crippen molar-refractivity contribution >= 4 is 26.7 Å². The van der Waals surface area contributed by atoms with E-state index in [9.17, 15) is 51.7 Å². The van der Waals surface area contributed by atoms with Crippen molar-refractivity contribution in [3.8, 4) is 0 Å². The van der Waals surface area contributed by atoms with Crippen LogP contribution in [0, 0.1) is 0 Å². The second-order valence-corrected chi connectivity index (χ2v) is 11.1. The van der Waals surface area contributed by atoms with Crippen LogP contribution in [0.1, 0.15) is 20.8 Å². The zero-order chi connectivity index (χ0) is 27.8. The monoisotopic (exact) mass is 571 g/mol. The van der Waals surface area contributed by atoms with Crippen LogP contribution in [-0.4, -0.2) is 131 Å². The molecule has 2 aliphatic rings. The summed E-state index contributed by atoms with van der Waals surface area (Å²) >= 11 is 0. The van der Waals surface area contributed by atoms with Gasteiger partial charge in [0.05, 0.1) is 12.2 Å². The van der Waals surface area contributed by atoms with Crippen LogP contribution in [0.5, 0.6) is 0 Å². The van der Waals surface area contributed by atoms with Crippen LogP contribution in [0.3, 0.4) is 0 Å². The molecule has 0 spiro atoms. The molecule has 0 aromatic carbocycles. The molecule has 2 fully saturated rings. The topological polar surface area (TPSA) is 285 Å². The molecule has 18 nitrogen and oxygen atoms in total. The number of aliphatic hydroxyl groups excluding tert-OH is 4. The van der Waals surface area contributed by atoms with Crippen LogP contribution in [0.15, 0.2) is 0 Å². The van der Waals surface area contributed by atoms with E-state index in [0.29, 0.717) is 0 Å². The normalized spacial score (nSPS) is 38.6. The van der Waals surface area contributed by atoms with Crippen molar-refractivity contribution in [1.29, 1.82) is 0 Å². The van der Waals surface area contributed by atoms with Crippen LogP contribution >= 0.6 is 0 Å². The summed E-state index contributed by atoms with van der Waals surface area (Å²) in [6, 6.07) is -2.01. The van der Waals surface area contributed by atoms with E-state index in [4.69, 9.17) is 23.5 Å². The highest BCUT2D eigenvalue weighted by molar-refractivity contribution is 7.83. The van der Waals surface area contributed by atoms with Gasteiger partial charge in [0.1, 0.15) is 36.6 Å². The molecule has 0 aromatic heterocycles. The number of rotatable bonds is 9. The molecule has 0 aliphatic carbocycles. The zero-order valence-electron chi connectivity index (χ0n) is 19.0. The Hall–Kier alpha value is -1.11. The van der Waals surface area contributed by atoms with Crippen LogP contribution in [0.25, 0.3) is 0 Å². The molecule has 2 aliphatic heterocycles. The van der Waals surface area contributed by atoms with E-state index in [1.54, 1.807) is 0 Å². The van der Waals surface area contributed by atoms with Gasteiger partial charge in [0, 0.05) is 0 Å². The first-order chi connectivity index (χ1) is 16.2. The summed E-state index contributed by atoms with van der Waals surface area (Å²) in [6.45, 7) is 3.45. The van der Waals surface area contributed by atoms with Crippen molar-refractivity contribution in [2.45, 2.75) is 87.7 Å². The first-order valence-electron chi connectivity index (χ1n) is 10.2. The zero-order valence-corrected chi connectivity index (χ0v) is 20.6. The first-order valence-corrected chi connectivity index (χ1v) is 13.0. The average Bonchev–Trinajstić information content (AvgIpc) is 2.68. The highest BCUT2D eigenvalue weighted by atomic mass is 32.3. The molecule has 0 amide bonds. The van der Waals surface area contributed by atoms with Crippen molar-refractivity contribution in [3.05, 3.63) is 0 Å². The molecule has 8 N–H and O–H groups in total. The van der Waals surface area contributed by atoms with Gasteiger partial charge in [0.25, 0.3) is 0 Å². The number of nitrogens with one attached hydrogen (secondary N) is 1. The number of aliphatic hydroxyl groups is 4. The fourth-order valence-corrected chi connectivity index (χ4v) is 4.71. The minimum absolute atomic E-state index is 0.991. The molecule has 20 heteroatoms. The highest BCUT2D eigenvalue weighted by Gasteiger charge is 2.55. The largest absolute Gasteiger partial charge is 0.479 e. The molecule has 2 heterocycles. The van der Waals surface area contributed by atoms with Crippen molar-refractivity contribution in [2.24, 2.45) is 0 Å². The minimum Gasteiger partial charge on any atom is -0.479 e. The van der Waals surface area contributed by atoms with E-state index >= 15 is 0 Å². The van der Waals surface area contributed by atoms with E-state index in [-0.39, 0.29) is 0 Å². The molecule has 2 rings (SSSR count). The summed E-state index contributed by atoms with van der Waals surface area (Å²) in [5.74, 6) is -1.71. The fraction of sp³-hybridized carbons (Fsp3) is 0.938. The van der Waals surface area contributed by atoms with Crippen molar-refractivity contribution in [1.82, 2.24) is 4.72 Å². The van der Waals surface area contributed by atoms with Gasteiger partial charge in [0.15, 0.2) is 24.8 Å². The maximum atomic E-state index is 11.8. The fourth-order valence-electron chi connectivity index (χ4n) is 3.62. The van der Waals surface area contributed by atoms with E-state index in [1.807, 2.05) is 0 Å². The Morgan fingerprint density at radius 2 is 1.56 bits per heavy atom. The summed E-state index contributed by atoms with van der Waals surface area (Å²) in [4.78, 5) is 11.8. The van der Waals surface area contributed by atoms with Gasteiger partial charge in [-0.3, -0.25) is 9.11 Å². The van der Waals surface area contributed by atoms with Gasteiger partial charge in [0.2, 0.25) is 0 Å². The molecule has 0 bridgehead atoms. The summed E-state index contributed by atoms with van der Waals surface area (Å²) in [5, 5.41) is 50.4. The maximum absolute atomic E-state index is 11.8. The van der Waals surface area contributed by atoms with E-state index in [2.05, 4.69) is 4.18 Å². The number of aliphatic carboxylic acids is 1. The lowest BCUT2D eigenvalue weighted by Gasteiger charge is -2.47. The number of ether oxygens (including phenoxy) is 4. The van der Waals surface area contributed by atoms with E-state index in [1.165, 1.54) is 25.5 Å². The summed E-state index contributed by atoms with van der Waals surface area (Å²) in [7, 11) is -10.4. The Kier molecular flexibility index (Phi) is 9.79. The van der Waals surface area contributed by atoms with Crippen LogP contribution in [0.4, 0.5) is 0 Å². The quantitative estimate of drug-likeness (QED) is 0.122. The predicted molar refractivity (Wildman–Crippen MR) is 111 cm³/mol. The van der Waals surface area contributed by atoms with E-state index < -0.39 is 100 Å². The van der Waals surface area contributed by atoms with Gasteiger partial charge in [-0.05, 0) is 20.8 Å². The molecule has 10 atom stereocenters. The molecule has 0 saturated carbocycles. The third-order valence-electron chi connectivity index (χ3n) is 4.93. The second kappa shape index (κ2) is 11.3. The third-order valence-corrected chi connectivity index (χ3v) is 5.97. The average molecular weight is 572 g/mol. The maximum Gasteiger partial charge on any atom is 0.397 e. The Labute approximate surface area is 205 Å². The lowest BCUT2D eigenvalue weighted by atomic mass is 9.95. The standard InChI is InChI=1S/C16H29NO17S2/c1-16(2,3)33-10-8(20)11(34-36(27,28)29)15(32-12(10)13(21)22)31-9-5(4-18)30-14(23)6(7(9)19)17-35(24,25)26/h5-12,14-15,17-20,23H,4H2,1-3H3,(H,21,22)(H,24,25,26)(H,27,28,29)/t5?,6?,7-,8+,9+,10-,11?,12?,14-,15+/m0/s1. The smallest absolute Gasteiger partial charge is 0.397 e.